The molecule has 1 aromatic carbocycles. The van der Waals surface area contributed by atoms with E-state index in [1.807, 2.05) is 0 Å². The maximum absolute atomic E-state index is 6.18. The molecule has 0 bridgehead atoms. The lowest BCUT2D eigenvalue weighted by molar-refractivity contribution is 0.225. The van der Waals surface area contributed by atoms with E-state index in [0.717, 1.165) is 25.3 Å². The fraction of sp³-hybridized carbons (Fsp3) is 0.333. The van der Waals surface area contributed by atoms with Crippen LogP contribution in [-0.4, -0.2) is 24.1 Å². The van der Waals surface area contributed by atoms with Gasteiger partial charge in [-0.2, -0.15) is 0 Å². The summed E-state index contributed by atoms with van der Waals surface area (Å²) >= 11 is 0. The average Bonchev–Trinajstić information content (AvgIpc) is 3.16. The standard InChI is InChI=1S/C21H22NO2P/c1-3-22(4-2)18-13-15-8-6-10-17-20(15)21(18)12-11-14-7-5-9-16(19(14)21)23-25-24-17/h5-8,10-13,16,25H,3-4,9H2,1-2H3. The van der Waals surface area contributed by atoms with E-state index in [2.05, 4.69) is 67.3 Å². The lowest BCUT2D eigenvalue weighted by atomic mass is 9.71. The van der Waals surface area contributed by atoms with Gasteiger partial charge in [-0.3, -0.25) is 0 Å². The normalized spacial score (nSPS) is 29.0. The first-order valence-corrected chi connectivity index (χ1v) is 9.89. The van der Waals surface area contributed by atoms with Gasteiger partial charge in [0.15, 0.2) is 0 Å². The summed E-state index contributed by atoms with van der Waals surface area (Å²) in [7, 11) is 0.0396. The topological polar surface area (TPSA) is 21.7 Å². The number of hydrogen-bond donors (Lipinski definition) is 0. The van der Waals surface area contributed by atoms with Crippen LogP contribution in [0.5, 0.6) is 5.75 Å². The molecule has 0 fully saturated rings. The molecular weight excluding hydrogens is 329 g/mol. The maximum atomic E-state index is 6.18. The van der Waals surface area contributed by atoms with Crippen molar-refractivity contribution >= 4 is 15.1 Å². The van der Waals surface area contributed by atoms with Crippen molar-refractivity contribution < 1.29 is 9.05 Å². The zero-order valence-electron chi connectivity index (χ0n) is 14.6. The van der Waals surface area contributed by atoms with Crippen LogP contribution in [0.15, 0.2) is 59.3 Å². The molecule has 25 heavy (non-hydrogen) atoms. The number of hydrogen-bond acceptors (Lipinski definition) is 3. The highest BCUT2D eigenvalue weighted by Gasteiger charge is 2.52. The van der Waals surface area contributed by atoms with E-state index < -0.39 is 0 Å². The summed E-state index contributed by atoms with van der Waals surface area (Å²) < 4.78 is 12.3. The molecule has 0 saturated heterocycles. The molecular formula is C21H22NO2P. The Balaban J connectivity index is 1.83. The summed E-state index contributed by atoms with van der Waals surface area (Å²) in [5.74, 6) is 0.959. The van der Waals surface area contributed by atoms with Crippen molar-refractivity contribution in [2.24, 2.45) is 0 Å². The quantitative estimate of drug-likeness (QED) is 0.735. The van der Waals surface area contributed by atoms with Crippen molar-refractivity contribution in [3.05, 3.63) is 70.5 Å². The van der Waals surface area contributed by atoms with Crippen molar-refractivity contribution in [3.63, 3.8) is 0 Å². The van der Waals surface area contributed by atoms with Crippen molar-refractivity contribution in [2.75, 3.05) is 13.1 Å². The SMILES string of the molecule is CCN(CC)C1=Cc2cccc3c2C12C=CC1=C2C(CC=C1)OPO3. The molecule has 3 nitrogen and oxygen atoms in total. The second-order valence-electron chi connectivity index (χ2n) is 6.86. The second-order valence-corrected chi connectivity index (χ2v) is 7.47. The van der Waals surface area contributed by atoms with Crippen LogP contribution in [0.4, 0.5) is 0 Å². The van der Waals surface area contributed by atoms with E-state index >= 15 is 0 Å². The molecule has 4 aliphatic rings. The van der Waals surface area contributed by atoms with E-state index in [-0.39, 0.29) is 20.6 Å². The number of likely N-dealkylation sites (N-methyl/N-ethyl adjacent to an activating group) is 1. The molecule has 0 radical (unpaired) electrons. The fourth-order valence-corrected chi connectivity index (χ4v) is 5.43. The van der Waals surface area contributed by atoms with Gasteiger partial charge in [-0.1, -0.05) is 36.4 Å². The summed E-state index contributed by atoms with van der Waals surface area (Å²) in [6.07, 6.45) is 12.5. The van der Waals surface area contributed by atoms with Crippen LogP contribution in [0.2, 0.25) is 0 Å². The van der Waals surface area contributed by atoms with Gasteiger partial charge in [-0.05, 0) is 49.1 Å². The summed E-state index contributed by atoms with van der Waals surface area (Å²) in [6, 6.07) is 6.38. The highest BCUT2D eigenvalue weighted by molar-refractivity contribution is 7.26. The lowest BCUT2D eigenvalue weighted by Gasteiger charge is -2.42. The van der Waals surface area contributed by atoms with Gasteiger partial charge in [0.1, 0.15) is 5.75 Å². The predicted octanol–water partition coefficient (Wildman–Crippen LogP) is 4.73. The zero-order valence-corrected chi connectivity index (χ0v) is 15.6. The first kappa shape index (κ1) is 15.4. The molecule has 1 aromatic rings. The Morgan fingerprint density at radius 3 is 2.96 bits per heavy atom. The Bertz CT molecular complexity index is 863. The summed E-state index contributed by atoms with van der Waals surface area (Å²) in [4.78, 5) is 2.48. The Morgan fingerprint density at radius 2 is 2.12 bits per heavy atom. The molecule has 3 unspecified atom stereocenters. The molecule has 0 N–H and O–H groups in total. The van der Waals surface area contributed by atoms with Gasteiger partial charge < -0.3 is 13.9 Å². The minimum absolute atomic E-state index is 0.0396. The third kappa shape index (κ3) is 1.94. The molecule has 0 amide bonds. The van der Waals surface area contributed by atoms with Crippen LogP contribution in [0, 0.1) is 0 Å². The Kier molecular flexibility index (Phi) is 3.45. The predicted molar refractivity (Wildman–Crippen MR) is 103 cm³/mol. The molecule has 4 heteroatoms. The number of rotatable bonds is 3. The van der Waals surface area contributed by atoms with Gasteiger partial charge in [-0.25, -0.2) is 0 Å². The highest BCUT2D eigenvalue weighted by atomic mass is 31.1. The molecule has 3 aliphatic carbocycles. The van der Waals surface area contributed by atoms with Crippen LogP contribution in [0.1, 0.15) is 31.4 Å². The van der Waals surface area contributed by atoms with Gasteiger partial charge in [0, 0.05) is 24.4 Å². The van der Waals surface area contributed by atoms with Crippen LogP contribution in [-0.2, 0) is 9.94 Å². The van der Waals surface area contributed by atoms with Crippen LogP contribution >= 0.6 is 9.03 Å². The fourth-order valence-electron chi connectivity index (χ4n) is 4.79. The third-order valence-corrected chi connectivity index (χ3v) is 6.50. The molecule has 0 aromatic heterocycles. The zero-order chi connectivity index (χ0) is 17.0. The average molecular weight is 351 g/mol. The molecule has 0 saturated carbocycles. The van der Waals surface area contributed by atoms with Gasteiger partial charge in [-0.15, -0.1) is 0 Å². The number of nitrogens with zero attached hydrogens (tertiary/aromatic N) is 1. The van der Waals surface area contributed by atoms with Gasteiger partial charge in [0.05, 0.1) is 11.5 Å². The monoisotopic (exact) mass is 351 g/mol. The smallest absolute Gasteiger partial charge is 0.215 e. The maximum Gasteiger partial charge on any atom is 0.215 e. The number of benzene rings is 1. The molecule has 128 valence electrons. The molecule has 1 heterocycles. The van der Waals surface area contributed by atoms with Crippen molar-refractivity contribution in [1.82, 2.24) is 4.90 Å². The Hall–Kier alpha value is -1.83. The Labute approximate surface area is 150 Å². The van der Waals surface area contributed by atoms with Gasteiger partial charge in [0.25, 0.3) is 0 Å². The minimum atomic E-state index is -0.242. The van der Waals surface area contributed by atoms with E-state index in [1.165, 1.54) is 28.0 Å². The van der Waals surface area contributed by atoms with E-state index in [1.54, 1.807) is 0 Å². The Morgan fingerprint density at radius 1 is 1.24 bits per heavy atom. The van der Waals surface area contributed by atoms with Crippen molar-refractivity contribution in [3.8, 4) is 5.75 Å². The summed E-state index contributed by atoms with van der Waals surface area (Å²) in [5, 5.41) is 0. The third-order valence-electron chi connectivity index (χ3n) is 5.81. The first-order chi connectivity index (χ1) is 12.3. The molecule has 1 aliphatic heterocycles. The van der Waals surface area contributed by atoms with Crippen LogP contribution < -0.4 is 4.52 Å². The minimum Gasteiger partial charge on any atom is -0.449 e. The lowest BCUT2D eigenvalue weighted by Crippen LogP contribution is -2.40. The first-order valence-electron chi connectivity index (χ1n) is 9.08. The van der Waals surface area contributed by atoms with Gasteiger partial charge in [0.2, 0.25) is 9.03 Å². The highest BCUT2D eigenvalue weighted by Crippen LogP contribution is 2.60. The molecule has 1 spiro atoms. The summed E-state index contributed by atoms with van der Waals surface area (Å²) in [6.45, 7) is 6.45. The van der Waals surface area contributed by atoms with Crippen molar-refractivity contribution in [2.45, 2.75) is 31.8 Å². The van der Waals surface area contributed by atoms with E-state index in [4.69, 9.17) is 9.05 Å². The van der Waals surface area contributed by atoms with Crippen LogP contribution in [0.25, 0.3) is 6.08 Å². The van der Waals surface area contributed by atoms with Crippen molar-refractivity contribution in [1.29, 1.82) is 0 Å². The van der Waals surface area contributed by atoms with E-state index in [9.17, 15) is 0 Å². The molecule has 5 rings (SSSR count). The van der Waals surface area contributed by atoms with Crippen LogP contribution in [0.3, 0.4) is 0 Å². The number of allylic oxidation sites excluding steroid dienone is 4. The van der Waals surface area contributed by atoms with Gasteiger partial charge >= 0.3 is 0 Å². The largest absolute Gasteiger partial charge is 0.449 e. The van der Waals surface area contributed by atoms with E-state index in [0.29, 0.717) is 0 Å². The molecule has 3 atom stereocenters. The second kappa shape index (κ2) is 5.59. The summed E-state index contributed by atoms with van der Waals surface area (Å²) in [5.41, 5.74) is 6.40.